The third kappa shape index (κ3) is 1.88. The maximum absolute atomic E-state index is 8.85. The molecule has 0 aromatic heterocycles. The molecule has 4 heteroatoms. The Bertz CT molecular complexity index is 67.0. The van der Waals surface area contributed by atoms with Gasteiger partial charge in [-0.1, -0.05) is 0 Å². The highest BCUT2D eigenvalue weighted by atomic mass is 16.3. The second-order valence-electron chi connectivity index (χ2n) is 2.38. The van der Waals surface area contributed by atoms with Crippen LogP contribution in [0, 0.1) is 0 Å². The highest BCUT2D eigenvalue weighted by molar-refractivity contribution is 6.39. The third-order valence-electron chi connectivity index (χ3n) is 0.980. The Morgan fingerprint density at radius 3 is 1.25 bits per heavy atom. The van der Waals surface area contributed by atoms with Gasteiger partial charge in [0.1, 0.15) is 15.7 Å². The van der Waals surface area contributed by atoms with Crippen molar-refractivity contribution < 1.29 is 10.2 Å². The standard InChI is InChI=1S/C4H8B2O2/c1-3(2,7)4(5,6)8/h7-8H,1-2H3. The predicted octanol–water partition coefficient (Wildman–Crippen LogP) is -1.26. The van der Waals surface area contributed by atoms with Crippen LogP contribution in [0.2, 0.25) is 0 Å². The largest absolute Gasteiger partial charge is 0.406 e. The molecule has 0 atom stereocenters. The van der Waals surface area contributed by atoms with Crippen LogP contribution < -0.4 is 0 Å². The molecule has 0 spiro atoms. The molecule has 2 N–H and O–H groups in total. The van der Waals surface area contributed by atoms with E-state index >= 15 is 0 Å². The van der Waals surface area contributed by atoms with E-state index in [4.69, 9.17) is 25.9 Å². The molecule has 0 aliphatic carbocycles. The van der Waals surface area contributed by atoms with E-state index in [1.54, 1.807) is 0 Å². The van der Waals surface area contributed by atoms with Crippen molar-refractivity contribution in [2.75, 3.05) is 0 Å². The van der Waals surface area contributed by atoms with E-state index in [-0.39, 0.29) is 0 Å². The summed E-state index contributed by atoms with van der Waals surface area (Å²) in [5.74, 6) is 0. The average molecular weight is 110 g/mol. The second kappa shape index (κ2) is 1.78. The molecule has 0 rings (SSSR count). The summed E-state index contributed by atoms with van der Waals surface area (Å²) in [6.45, 7) is 2.65. The molecular weight excluding hydrogens is 102 g/mol. The van der Waals surface area contributed by atoms with Gasteiger partial charge in [0.2, 0.25) is 0 Å². The molecule has 0 fully saturated rings. The maximum Gasteiger partial charge on any atom is 0.103 e. The highest BCUT2D eigenvalue weighted by Gasteiger charge is 2.30. The first-order valence-electron chi connectivity index (χ1n) is 2.27. The van der Waals surface area contributed by atoms with Crippen molar-refractivity contribution >= 4 is 15.7 Å². The van der Waals surface area contributed by atoms with Crippen LogP contribution in [0.4, 0.5) is 0 Å². The Balaban J connectivity index is 4.02. The summed E-state index contributed by atoms with van der Waals surface area (Å²) in [6, 6.07) is 0. The second-order valence-corrected chi connectivity index (χ2v) is 2.38. The SMILES string of the molecule is [B]C([B])(O)C(C)(C)O. The van der Waals surface area contributed by atoms with E-state index in [0.717, 1.165) is 0 Å². The zero-order chi connectivity index (χ0) is 7.00. The van der Waals surface area contributed by atoms with Crippen LogP contribution in [-0.2, 0) is 0 Å². The fraction of sp³-hybridized carbons (Fsp3) is 1.00. The van der Waals surface area contributed by atoms with E-state index in [1.165, 1.54) is 13.8 Å². The molecule has 0 aliphatic rings. The van der Waals surface area contributed by atoms with Crippen LogP contribution in [0.5, 0.6) is 0 Å². The minimum Gasteiger partial charge on any atom is -0.406 e. The van der Waals surface area contributed by atoms with Crippen LogP contribution in [0.25, 0.3) is 0 Å². The van der Waals surface area contributed by atoms with Crippen molar-refractivity contribution in [1.82, 2.24) is 0 Å². The van der Waals surface area contributed by atoms with Crippen molar-refractivity contribution in [2.45, 2.75) is 24.8 Å². The summed E-state index contributed by atoms with van der Waals surface area (Å²) in [5.41, 5.74) is -1.45. The summed E-state index contributed by atoms with van der Waals surface area (Å²) >= 11 is 0. The Morgan fingerprint density at radius 2 is 1.25 bits per heavy atom. The molecule has 4 radical (unpaired) electrons. The van der Waals surface area contributed by atoms with Gasteiger partial charge in [-0.2, -0.15) is 0 Å². The zero-order valence-electron chi connectivity index (χ0n) is 5.05. The monoisotopic (exact) mass is 110 g/mol. The Morgan fingerprint density at radius 1 is 1.12 bits per heavy atom. The van der Waals surface area contributed by atoms with Gasteiger partial charge in [-0.15, -0.1) is 0 Å². The third-order valence-corrected chi connectivity index (χ3v) is 0.980. The van der Waals surface area contributed by atoms with Crippen LogP contribution in [0.3, 0.4) is 0 Å². The van der Waals surface area contributed by atoms with Crippen molar-refractivity contribution in [2.24, 2.45) is 0 Å². The Kier molecular flexibility index (Phi) is 1.79. The molecular formula is C4H8B2O2. The number of hydrogen-bond acceptors (Lipinski definition) is 2. The summed E-state index contributed by atoms with van der Waals surface area (Å²) < 4.78 is 0. The van der Waals surface area contributed by atoms with E-state index in [2.05, 4.69) is 0 Å². The lowest BCUT2D eigenvalue weighted by atomic mass is 9.57. The number of rotatable bonds is 1. The summed E-state index contributed by atoms with van der Waals surface area (Å²) in [7, 11) is 9.79. The van der Waals surface area contributed by atoms with E-state index in [0.29, 0.717) is 0 Å². The first-order chi connectivity index (χ1) is 3.25. The number of aliphatic hydroxyl groups is 2. The van der Waals surface area contributed by atoms with Crippen LogP contribution in [0.1, 0.15) is 13.8 Å². The maximum atomic E-state index is 8.85. The van der Waals surface area contributed by atoms with Gasteiger partial charge in [0.25, 0.3) is 0 Å². The smallest absolute Gasteiger partial charge is 0.103 e. The number of hydrogen-bond donors (Lipinski definition) is 2. The molecule has 8 heavy (non-hydrogen) atoms. The normalized spacial score (nSPS) is 14.0. The molecule has 0 bridgehead atoms. The van der Waals surface area contributed by atoms with Crippen LogP contribution in [0.15, 0.2) is 0 Å². The molecule has 2 nitrogen and oxygen atoms in total. The van der Waals surface area contributed by atoms with Gasteiger partial charge in [-0.3, -0.25) is 0 Å². The fourth-order valence-electron chi connectivity index (χ4n) is 0. The minimum atomic E-state index is -2.01. The van der Waals surface area contributed by atoms with E-state index < -0.39 is 11.0 Å². The zero-order valence-corrected chi connectivity index (χ0v) is 5.05. The van der Waals surface area contributed by atoms with Gasteiger partial charge in [0.15, 0.2) is 0 Å². The molecule has 42 valence electrons. The molecule has 0 unspecified atom stereocenters. The van der Waals surface area contributed by atoms with Crippen molar-refractivity contribution in [3.05, 3.63) is 0 Å². The van der Waals surface area contributed by atoms with Gasteiger partial charge in [0, 0.05) is 5.40 Å². The van der Waals surface area contributed by atoms with Gasteiger partial charge < -0.3 is 10.2 Å². The summed E-state index contributed by atoms with van der Waals surface area (Å²) in [5, 5.41) is 15.5. The lowest BCUT2D eigenvalue weighted by molar-refractivity contribution is -0.0300. The van der Waals surface area contributed by atoms with E-state index in [1.807, 2.05) is 0 Å². The molecule has 0 aliphatic heterocycles. The molecule has 0 amide bonds. The van der Waals surface area contributed by atoms with Crippen molar-refractivity contribution in [3.8, 4) is 0 Å². The highest BCUT2D eigenvalue weighted by Crippen LogP contribution is 2.12. The van der Waals surface area contributed by atoms with Crippen LogP contribution >= 0.6 is 0 Å². The van der Waals surface area contributed by atoms with Gasteiger partial charge in [0.05, 0.1) is 5.60 Å². The van der Waals surface area contributed by atoms with Gasteiger partial charge in [-0.25, -0.2) is 0 Å². The van der Waals surface area contributed by atoms with Crippen molar-refractivity contribution in [1.29, 1.82) is 0 Å². The fourth-order valence-corrected chi connectivity index (χ4v) is 0. The van der Waals surface area contributed by atoms with Gasteiger partial charge in [-0.05, 0) is 13.8 Å². The van der Waals surface area contributed by atoms with Crippen molar-refractivity contribution in [3.63, 3.8) is 0 Å². The first kappa shape index (κ1) is 8.05. The molecule has 0 saturated carbocycles. The minimum absolute atomic E-state index is 1.33. The summed E-state index contributed by atoms with van der Waals surface area (Å²) in [4.78, 5) is 0. The Labute approximate surface area is 51.7 Å². The summed E-state index contributed by atoms with van der Waals surface area (Å²) in [6.07, 6.45) is 0. The predicted molar refractivity (Wildman–Crippen MR) is 32.8 cm³/mol. The average Bonchev–Trinajstić information content (AvgIpc) is 1.25. The Hall–Kier alpha value is 0.0499. The molecule has 0 aromatic carbocycles. The van der Waals surface area contributed by atoms with Crippen LogP contribution in [-0.4, -0.2) is 36.9 Å². The van der Waals surface area contributed by atoms with Gasteiger partial charge >= 0.3 is 0 Å². The van der Waals surface area contributed by atoms with E-state index in [9.17, 15) is 0 Å². The molecule has 0 aromatic rings. The molecule has 0 saturated heterocycles. The quantitative estimate of drug-likeness (QED) is 0.413. The first-order valence-corrected chi connectivity index (χ1v) is 2.27. The topological polar surface area (TPSA) is 40.5 Å². The molecule has 0 heterocycles. The lowest BCUT2D eigenvalue weighted by Gasteiger charge is -2.32. The lowest BCUT2D eigenvalue weighted by Crippen LogP contribution is -2.51.